The highest BCUT2D eigenvalue weighted by Gasteiger charge is 2.19. The number of halogens is 1. The second kappa shape index (κ2) is 6.55. The molecule has 0 aromatic carbocycles. The second-order valence-corrected chi connectivity index (χ2v) is 5.42. The van der Waals surface area contributed by atoms with Gasteiger partial charge in [-0.05, 0) is 28.3 Å². The number of hydrogen-bond donors (Lipinski definition) is 1. The quantitative estimate of drug-likeness (QED) is 0.877. The minimum Gasteiger partial charge on any atom is -0.327 e. The minimum atomic E-state index is 0.224. The third-order valence-corrected chi connectivity index (χ3v) is 4.50. The van der Waals surface area contributed by atoms with Crippen molar-refractivity contribution in [3.63, 3.8) is 0 Å². The molecule has 1 atom stereocenters. The van der Waals surface area contributed by atoms with Crippen LogP contribution in [0, 0.1) is 5.92 Å². The summed E-state index contributed by atoms with van der Waals surface area (Å²) in [6, 6.07) is 0.224. The van der Waals surface area contributed by atoms with Crippen molar-refractivity contribution in [3.05, 3.63) is 15.9 Å². The van der Waals surface area contributed by atoms with Crippen molar-refractivity contribution < 1.29 is 0 Å². The van der Waals surface area contributed by atoms with Gasteiger partial charge >= 0.3 is 0 Å². The molecule has 0 spiro atoms. The SMILES string of the molecule is CCc1nn(C)c(CC(N)C(CC)CC)c1Br. The van der Waals surface area contributed by atoms with Crippen LogP contribution in [0.15, 0.2) is 4.47 Å². The molecule has 0 saturated carbocycles. The molecule has 4 heteroatoms. The zero-order chi connectivity index (χ0) is 13.0. The first kappa shape index (κ1) is 14.7. The average molecular weight is 302 g/mol. The highest BCUT2D eigenvalue weighted by molar-refractivity contribution is 9.10. The fourth-order valence-electron chi connectivity index (χ4n) is 2.33. The van der Waals surface area contributed by atoms with Crippen LogP contribution < -0.4 is 5.73 Å². The first-order valence-corrected chi connectivity index (χ1v) is 7.30. The molecule has 98 valence electrons. The Bertz CT molecular complexity index is 356. The number of nitrogens with two attached hydrogens (primary N) is 1. The maximum absolute atomic E-state index is 6.30. The molecule has 1 aromatic rings. The summed E-state index contributed by atoms with van der Waals surface area (Å²) in [7, 11) is 2.00. The molecular formula is C13H24BrN3. The van der Waals surface area contributed by atoms with Crippen LogP contribution in [0.2, 0.25) is 0 Å². The van der Waals surface area contributed by atoms with E-state index in [1.807, 2.05) is 11.7 Å². The lowest BCUT2D eigenvalue weighted by Gasteiger charge is -2.21. The maximum Gasteiger partial charge on any atom is 0.0766 e. The van der Waals surface area contributed by atoms with Crippen LogP contribution in [0.1, 0.15) is 45.0 Å². The van der Waals surface area contributed by atoms with Gasteiger partial charge in [0.1, 0.15) is 0 Å². The van der Waals surface area contributed by atoms with E-state index in [9.17, 15) is 0 Å². The van der Waals surface area contributed by atoms with E-state index >= 15 is 0 Å². The summed E-state index contributed by atoms with van der Waals surface area (Å²) < 4.78 is 3.11. The second-order valence-electron chi connectivity index (χ2n) is 4.63. The van der Waals surface area contributed by atoms with E-state index in [2.05, 4.69) is 41.8 Å². The lowest BCUT2D eigenvalue weighted by atomic mass is 9.91. The number of rotatable bonds is 6. The Morgan fingerprint density at radius 1 is 1.29 bits per heavy atom. The van der Waals surface area contributed by atoms with Crippen LogP contribution in [0.4, 0.5) is 0 Å². The number of aryl methyl sites for hydroxylation is 2. The third-order valence-electron chi connectivity index (χ3n) is 3.59. The van der Waals surface area contributed by atoms with Gasteiger partial charge in [-0.15, -0.1) is 0 Å². The van der Waals surface area contributed by atoms with E-state index < -0.39 is 0 Å². The Balaban J connectivity index is 2.84. The smallest absolute Gasteiger partial charge is 0.0766 e. The standard InChI is InChI=1S/C13H24BrN3/c1-5-9(6-2)10(15)8-12-13(14)11(7-3)16-17(12)4/h9-10H,5-8,15H2,1-4H3. The molecule has 2 N–H and O–H groups in total. The van der Waals surface area contributed by atoms with Crippen molar-refractivity contribution in [1.82, 2.24) is 9.78 Å². The van der Waals surface area contributed by atoms with Gasteiger partial charge in [0.25, 0.3) is 0 Å². The average Bonchev–Trinajstić information content (AvgIpc) is 2.58. The van der Waals surface area contributed by atoms with E-state index in [4.69, 9.17) is 5.73 Å². The summed E-state index contributed by atoms with van der Waals surface area (Å²) in [4.78, 5) is 0. The first-order chi connectivity index (χ1) is 8.04. The highest BCUT2D eigenvalue weighted by Crippen LogP contribution is 2.24. The molecule has 0 aliphatic heterocycles. The zero-order valence-corrected chi connectivity index (χ0v) is 12.9. The van der Waals surface area contributed by atoms with Crippen molar-refractivity contribution in [2.75, 3.05) is 0 Å². The molecule has 0 aliphatic carbocycles. The monoisotopic (exact) mass is 301 g/mol. The van der Waals surface area contributed by atoms with Crippen LogP contribution in [0.25, 0.3) is 0 Å². The Hall–Kier alpha value is -0.350. The predicted octanol–water partition coefficient (Wildman–Crippen LogP) is 3.05. The summed E-state index contributed by atoms with van der Waals surface area (Å²) in [5.41, 5.74) is 8.65. The van der Waals surface area contributed by atoms with Gasteiger partial charge in [0, 0.05) is 19.5 Å². The van der Waals surface area contributed by atoms with Gasteiger partial charge in [-0.1, -0.05) is 33.6 Å². The normalized spacial score (nSPS) is 13.4. The first-order valence-electron chi connectivity index (χ1n) is 6.50. The van der Waals surface area contributed by atoms with Gasteiger partial charge in [0.2, 0.25) is 0 Å². The summed E-state index contributed by atoms with van der Waals surface area (Å²) in [5, 5.41) is 4.51. The van der Waals surface area contributed by atoms with Crippen molar-refractivity contribution in [2.45, 2.75) is 52.5 Å². The van der Waals surface area contributed by atoms with Gasteiger partial charge in [-0.2, -0.15) is 5.10 Å². The van der Waals surface area contributed by atoms with Gasteiger partial charge < -0.3 is 5.73 Å². The molecule has 1 rings (SSSR count). The van der Waals surface area contributed by atoms with Crippen molar-refractivity contribution in [1.29, 1.82) is 0 Å². The van der Waals surface area contributed by atoms with E-state index in [0.29, 0.717) is 5.92 Å². The molecule has 17 heavy (non-hydrogen) atoms. The third kappa shape index (κ3) is 3.32. The van der Waals surface area contributed by atoms with Gasteiger partial charge in [-0.25, -0.2) is 0 Å². The Morgan fingerprint density at radius 3 is 2.29 bits per heavy atom. The Morgan fingerprint density at radius 2 is 1.88 bits per heavy atom. The predicted molar refractivity (Wildman–Crippen MR) is 76.0 cm³/mol. The lowest BCUT2D eigenvalue weighted by molar-refractivity contribution is 0.387. The molecule has 1 unspecified atom stereocenters. The van der Waals surface area contributed by atoms with Crippen molar-refractivity contribution in [2.24, 2.45) is 18.7 Å². The fraction of sp³-hybridized carbons (Fsp3) is 0.769. The van der Waals surface area contributed by atoms with E-state index in [0.717, 1.165) is 35.8 Å². The summed E-state index contributed by atoms with van der Waals surface area (Å²) >= 11 is 3.64. The van der Waals surface area contributed by atoms with Crippen molar-refractivity contribution in [3.8, 4) is 0 Å². The molecular weight excluding hydrogens is 278 g/mol. The summed E-state index contributed by atoms with van der Waals surface area (Å²) in [5.74, 6) is 0.599. The molecule has 0 radical (unpaired) electrons. The molecule has 0 bridgehead atoms. The molecule has 0 amide bonds. The molecule has 0 saturated heterocycles. The maximum atomic E-state index is 6.30. The lowest BCUT2D eigenvalue weighted by Crippen LogP contribution is -2.32. The van der Waals surface area contributed by atoms with Crippen molar-refractivity contribution >= 4 is 15.9 Å². The Kier molecular flexibility index (Phi) is 5.67. The summed E-state index contributed by atoms with van der Waals surface area (Å²) in [6.07, 6.45) is 4.15. The van der Waals surface area contributed by atoms with Crippen LogP contribution in [0.3, 0.4) is 0 Å². The fourth-order valence-corrected chi connectivity index (χ4v) is 3.10. The van der Waals surface area contributed by atoms with E-state index in [-0.39, 0.29) is 6.04 Å². The van der Waals surface area contributed by atoms with Crippen LogP contribution in [-0.4, -0.2) is 15.8 Å². The topological polar surface area (TPSA) is 43.8 Å². The minimum absolute atomic E-state index is 0.224. The molecule has 1 aromatic heterocycles. The molecule has 0 fully saturated rings. The number of nitrogens with zero attached hydrogens (tertiary/aromatic N) is 2. The van der Waals surface area contributed by atoms with Gasteiger partial charge in [0.05, 0.1) is 15.9 Å². The van der Waals surface area contributed by atoms with Gasteiger partial charge in [0.15, 0.2) is 0 Å². The summed E-state index contributed by atoms with van der Waals surface area (Å²) in [6.45, 7) is 6.55. The zero-order valence-electron chi connectivity index (χ0n) is 11.3. The van der Waals surface area contributed by atoms with E-state index in [1.54, 1.807) is 0 Å². The van der Waals surface area contributed by atoms with E-state index in [1.165, 1.54) is 5.69 Å². The number of hydrogen-bond acceptors (Lipinski definition) is 2. The van der Waals surface area contributed by atoms with Crippen LogP contribution in [-0.2, 0) is 19.9 Å². The Labute approximate surface area is 113 Å². The number of aromatic nitrogens is 2. The van der Waals surface area contributed by atoms with Gasteiger partial charge in [-0.3, -0.25) is 4.68 Å². The van der Waals surface area contributed by atoms with Crippen LogP contribution in [0.5, 0.6) is 0 Å². The van der Waals surface area contributed by atoms with Crippen LogP contribution >= 0.6 is 15.9 Å². The molecule has 3 nitrogen and oxygen atoms in total. The largest absolute Gasteiger partial charge is 0.327 e. The molecule has 1 heterocycles. The molecule has 0 aliphatic rings. The highest BCUT2D eigenvalue weighted by atomic mass is 79.9.